The van der Waals surface area contributed by atoms with E-state index in [1.165, 1.54) is 0 Å². The molecule has 92 valence electrons. The van der Waals surface area contributed by atoms with Crippen LogP contribution in [-0.2, 0) is 10.8 Å². The zero-order chi connectivity index (χ0) is 11.7. The largest absolute Gasteiger partial charge is 0.259 e. The van der Waals surface area contributed by atoms with Crippen molar-refractivity contribution in [3.05, 3.63) is 0 Å². The molecule has 1 nitrogen and oxygen atoms in total. The van der Waals surface area contributed by atoms with Crippen molar-refractivity contribution >= 4 is 10.8 Å². The van der Waals surface area contributed by atoms with Crippen molar-refractivity contribution in [2.24, 2.45) is 0 Å². The minimum absolute atomic E-state index is 0.133. The predicted molar refractivity (Wildman–Crippen MR) is 70.8 cm³/mol. The molecule has 0 fully saturated rings. The Hall–Kier alpha value is 0.150. The van der Waals surface area contributed by atoms with E-state index in [1.54, 1.807) is 0 Å². The van der Waals surface area contributed by atoms with Crippen molar-refractivity contribution in [1.82, 2.24) is 0 Å². The Labute approximate surface area is 98.5 Å². The highest BCUT2D eigenvalue weighted by Crippen LogP contribution is 2.32. The van der Waals surface area contributed by atoms with Crippen molar-refractivity contribution < 1.29 is 4.21 Å². The molecule has 0 aromatic carbocycles. The molecular weight excluding hydrogens is 204 g/mol. The van der Waals surface area contributed by atoms with Crippen molar-refractivity contribution in [3.63, 3.8) is 0 Å². The molecule has 0 heterocycles. The summed E-state index contributed by atoms with van der Waals surface area (Å²) in [6.45, 7) is 8.77. The van der Waals surface area contributed by atoms with Gasteiger partial charge in [0, 0.05) is 21.3 Å². The monoisotopic (exact) mass is 232 g/mol. The van der Waals surface area contributed by atoms with Crippen LogP contribution >= 0.6 is 0 Å². The van der Waals surface area contributed by atoms with E-state index in [0.717, 1.165) is 50.7 Å². The average molecular weight is 232 g/mol. The van der Waals surface area contributed by atoms with E-state index in [2.05, 4.69) is 27.7 Å². The summed E-state index contributed by atoms with van der Waals surface area (Å²) >= 11 is 0. The topological polar surface area (TPSA) is 17.1 Å². The quantitative estimate of drug-likeness (QED) is 0.580. The molecule has 0 saturated carbocycles. The maximum absolute atomic E-state index is 12.3. The van der Waals surface area contributed by atoms with Crippen LogP contribution < -0.4 is 0 Å². The van der Waals surface area contributed by atoms with Crippen molar-refractivity contribution in [2.75, 3.05) is 5.75 Å². The van der Waals surface area contributed by atoms with Gasteiger partial charge in [0.2, 0.25) is 0 Å². The minimum atomic E-state index is -0.616. The highest BCUT2D eigenvalue weighted by atomic mass is 32.2. The van der Waals surface area contributed by atoms with E-state index < -0.39 is 10.8 Å². The average Bonchev–Trinajstić information content (AvgIpc) is 2.19. The van der Waals surface area contributed by atoms with Gasteiger partial charge in [-0.15, -0.1) is 0 Å². The molecule has 0 N–H and O–H groups in total. The Kier molecular flexibility index (Phi) is 8.40. The first-order valence-electron chi connectivity index (χ1n) is 6.55. The summed E-state index contributed by atoms with van der Waals surface area (Å²) in [6.07, 6.45) is 7.95. The standard InChI is InChI=1S/C13H28OS/c1-5-9-13(10-6-2,11-7-3)15(14)12-8-4/h5-12H2,1-4H3. The van der Waals surface area contributed by atoms with Gasteiger partial charge in [-0.1, -0.05) is 47.0 Å². The molecule has 1 atom stereocenters. The van der Waals surface area contributed by atoms with E-state index in [-0.39, 0.29) is 4.75 Å². The number of rotatable bonds is 9. The molecule has 0 bridgehead atoms. The third kappa shape index (κ3) is 4.67. The van der Waals surface area contributed by atoms with E-state index in [0.29, 0.717) is 0 Å². The van der Waals surface area contributed by atoms with Gasteiger partial charge in [-0.3, -0.25) is 4.21 Å². The van der Waals surface area contributed by atoms with E-state index >= 15 is 0 Å². The summed E-state index contributed by atoms with van der Waals surface area (Å²) in [6, 6.07) is 0. The Morgan fingerprint density at radius 2 is 1.20 bits per heavy atom. The van der Waals surface area contributed by atoms with Crippen LogP contribution in [0.5, 0.6) is 0 Å². The molecule has 0 aromatic rings. The molecule has 0 aromatic heterocycles. The Morgan fingerprint density at radius 3 is 1.47 bits per heavy atom. The zero-order valence-electron chi connectivity index (χ0n) is 11.0. The molecule has 2 heteroatoms. The third-order valence-corrected chi connectivity index (χ3v) is 5.35. The number of hydrogen-bond acceptors (Lipinski definition) is 1. The Balaban J connectivity index is 4.65. The molecule has 0 aliphatic heterocycles. The molecular formula is C13H28OS. The summed E-state index contributed by atoms with van der Waals surface area (Å²) in [5, 5.41) is 0. The van der Waals surface area contributed by atoms with Gasteiger partial charge in [0.05, 0.1) is 0 Å². The van der Waals surface area contributed by atoms with Crippen LogP contribution in [0.25, 0.3) is 0 Å². The lowest BCUT2D eigenvalue weighted by atomic mass is 9.92. The van der Waals surface area contributed by atoms with Crippen LogP contribution in [0.15, 0.2) is 0 Å². The second-order valence-corrected chi connectivity index (χ2v) is 6.45. The van der Waals surface area contributed by atoms with E-state index in [1.807, 2.05) is 0 Å². The molecule has 0 spiro atoms. The van der Waals surface area contributed by atoms with E-state index in [4.69, 9.17) is 0 Å². The first kappa shape index (κ1) is 15.2. The second-order valence-electron chi connectivity index (χ2n) is 4.48. The fraction of sp³-hybridized carbons (Fsp3) is 1.00. The Bertz CT molecular complexity index is 160. The lowest BCUT2D eigenvalue weighted by Gasteiger charge is -2.32. The van der Waals surface area contributed by atoms with Crippen LogP contribution in [0, 0.1) is 0 Å². The lowest BCUT2D eigenvalue weighted by Crippen LogP contribution is -2.35. The van der Waals surface area contributed by atoms with Gasteiger partial charge in [0.25, 0.3) is 0 Å². The van der Waals surface area contributed by atoms with Crippen molar-refractivity contribution in [3.8, 4) is 0 Å². The molecule has 1 unspecified atom stereocenters. The molecule has 0 rings (SSSR count). The molecule has 0 aliphatic rings. The molecule has 0 saturated heterocycles. The fourth-order valence-electron chi connectivity index (χ4n) is 2.49. The van der Waals surface area contributed by atoms with Gasteiger partial charge in [-0.05, 0) is 25.7 Å². The first-order chi connectivity index (χ1) is 7.16. The summed E-state index contributed by atoms with van der Waals surface area (Å²) in [4.78, 5) is 0. The first-order valence-corrected chi connectivity index (χ1v) is 7.87. The summed E-state index contributed by atoms with van der Waals surface area (Å²) in [5.74, 6) is 0.889. The SMILES string of the molecule is CCCS(=O)C(CCC)(CCC)CCC. The molecule has 0 aliphatic carbocycles. The predicted octanol–water partition coefficient (Wildman–Crippen LogP) is 4.28. The van der Waals surface area contributed by atoms with E-state index in [9.17, 15) is 4.21 Å². The normalized spacial score (nSPS) is 14.1. The van der Waals surface area contributed by atoms with Crippen LogP contribution in [0.2, 0.25) is 0 Å². The summed E-state index contributed by atoms with van der Waals surface area (Å²) in [5.41, 5.74) is 0. The van der Waals surface area contributed by atoms with Crippen LogP contribution in [0.3, 0.4) is 0 Å². The van der Waals surface area contributed by atoms with Gasteiger partial charge in [0.1, 0.15) is 0 Å². The zero-order valence-corrected chi connectivity index (χ0v) is 11.8. The van der Waals surface area contributed by atoms with Crippen LogP contribution in [-0.4, -0.2) is 14.7 Å². The molecule has 0 amide bonds. The maximum atomic E-state index is 12.3. The van der Waals surface area contributed by atoms with Crippen LogP contribution in [0.4, 0.5) is 0 Å². The highest BCUT2D eigenvalue weighted by Gasteiger charge is 2.33. The maximum Gasteiger partial charge on any atom is 0.0459 e. The third-order valence-electron chi connectivity index (χ3n) is 2.99. The van der Waals surface area contributed by atoms with Gasteiger partial charge < -0.3 is 0 Å². The number of hydrogen-bond donors (Lipinski definition) is 0. The minimum Gasteiger partial charge on any atom is -0.259 e. The second kappa shape index (κ2) is 8.32. The summed E-state index contributed by atoms with van der Waals surface area (Å²) in [7, 11) is -0.616. The van der Waals surface area contributed by atoms with Gasteiger partial charge >= 0.3 is 0 Å². The lowest BCUT2D eigenvalue weighted by molar-refractivity contribution is 0.437. The smallest absolute Gasteiger partial charge is 0.0459 e. The fourth-order valence-corrected chi connectivity index (χ4v) is 4.58. The molecule has 0 radical (unpaired) electrons. The van der Waals surface area contributed by atoms with Crippen LogP contribution in [0.1, 0.15) is 72.6 Å². The molecule has 15 heavy (non-hydrogen) atoms. The van der Waals surface area contributed by atoms with Crippen molar-refractivity contribution in [1.29, 1.82) is 0 Å². The summed E-state index contributed by atoms with van der Waals surface area (Å²) < 4.78 is 12.5. The van der Waals surface area contributed by atoms with Gasteiger partial charge in [-0.25, -0.2) is 0 Å². The van der Waals surface area contributed by atoms with Crippen molar-refractivity contribution in [2.45, 2.75) is 77.4 Å². The van der Waals surface area contributed by atoms with Gasteiger partial charge in [0.15, 0.2) is 0 Å². The Morgan fingerprint density at radius 1 is 0.800 bits per heavy atom. The van der Waals surface area contributed by atoms with Gasteiger partial charge in [-0.2, -0.15) is 0 Å². The highest BCUT2D eigenvalue weighted by molar-refractivity contribution is 7.86.